The number of benzene rings is 3. The molecule has 2 nitrogen and oxygen atoms in total. The maximum atomic E-state index is 6.08. The molecule has 0 aromatic heterocycles. The quantitative estimate of drug-likeness (QED) is 0.763. The molecule has 4 rings (SSSR count). The van der Waals surface area contributed by atoms with Gasteiger partial charge in [-0.05, 0) is 12.1 Å². The van der Waals surface area contributed by atoms with Crippen LogP contribution in [0.4, 0.5) is 0 Å². The zero-order valence-corrected chi connectivity index (χ0v) is 13.6. The van der Waals surface area contributed by atoms with Crippen LogP contribution in [-0.2, 0) is 0 Å². The highest BCUT2D eigenvalue weighted by Crippen LogP contribution is 2.21. The molecule has 0 aliphatic carbocycles. The molecule has 1 N–H and O–H groups in total. The van der Waals surface area contributed by atoms with E-state index < -0.39 is 0 Å². The van der Waals surface area contributed by atoms with Gasteiger partial charge in [-0.15, -0.1) is 0 Å². The summed E-state index contributed by atoms with van der Waals surface area (Å²) < 4.78 is 6.08. The number of hydrogen-bond donors (Lipinski definition) is 1. The summed E-state index contributed by atoms with van der Waals surface area (Å²) in [6.45, 7) is 2.06. The maximum Gasteiger partial charge on any atom is 0.195 e. The molecule has 2 heteroatoms. The van der Waals surface area contributed by atoms with E-state index in [-0.39, 0.29) is 0 Å². The molecule has 0 atom stereocenters. The third kappa shape index (κ3) is 3.19. The Kier molecular flexibility index (Phi) is 4.30. The van der Waals surface area contributed by atoms with Gasteiger partial charge in [0, 0.05) is 11.1 Å². The molecule has 3 aromatic carbocycles. The van der Waals surface area contributed by atoms with Crippen LogP contribution in [0.25, 0.3) is 0 Å². The van der Waals surface area contributed by atoms with E-state index in [9.17, 15) is 0 Å². The largest absolute Gasteiger partial charge is 0.479 e. The maximum absolute atomic E-state index is 6.08. The third-order valence-electron chi connectivity index (χ3n) is 4.70. The highest BCUT2D eigenvalue weighted by atomic mass is 16.5. The molecule has 1 aliphatic heterocycles. The molecule has 3 aromatic rings. The van der Waals surface area contributed by atoms with Crippen molar-refractivity contribution < 1.29 is 9.64 Å². The predicted molar refractivity (Wildman–Crippen MR) is 96.3 cm³/mol. The summed E-state index contributed by atoms with van der Waals surface area (Å²) in [7, 11) is 0. The summed E-state index contributed by atoms with van der Waals surface area (Å²) in [6, 6.07) is 32.1. The molecule has 1 fully saturated rings. The highest BCUT2D eigenvalue weighted by Gasteiger charge is 2.39. The zero-order chi connectivity index (χ0) is 16.2. The summed E-state index contributed by atoms with van der Waals surface area (Å²) >= 11 is 0. The highest BCUT2D eigenvalue weighted by molar-refractivity contribution is 5.29. The Morgan fingerprint density at radius 3 is 1.62 bits per heavy atom. The van der Waals surface area contributed by atoms with E-state index in [1.165, 1.54) is 11.1 Å². The van der Waals surface area contributed by atoms with Crippen molar-refractivity contribution in [1.29, 1.82) is 0 Å². The molecule has 0 saturated carbocycles. The summed E-state index contributed by atoms with van der Waals surface area (Å²) in [4.78, 5) is 1.56. The minimum Gasteiger partial charge on any atom is -0.479 e. The summed E-state index contributed by atoms with van der Waals surface area (Å²) in [5.41, 5.74) is 2.74. The molecule has 0 amide bonds. The van der Waals surface area contributed by atoms with Gasteiger partial charge in [0.2, 0.25) is 0 Å². The topological polar surface area (TPSA) is 13.7 Å². The zero-order valence-electron chi connectivity index (χ0n) is 13.6. The van der Waals surface area contributed by atoms with Gasteiger partial charge in [-0.2, -0.15) is 0 Å². The Morgan fingerprint density at radius 1 is 0.667 bits per heavy atom. The lowest BCUT2D eigenvalue weighted by atomic mass is 9.94. The Balaban J connectivity index is 1.50. The van der Waals surface area contributed by atoms with Gasteiger partial charge in [0.1, 0.15) is 24.9 Å². The second-order valence-corrected chi connectivity index (χ2v) is 6.37. The van der Waals surface area contributed by atoms with E-state index >= 15 is 0 Å². The predicted octanol–water partition coefficient (Wildman–Crippen LogP) is 3.12. The molecule has 24 heavy (non-hydrogen) atoms. The molecule has 0 unspecified atom stereocenters. The normalized spacial score (nSPS) is 19.7. The standard InChI is InChI=1S/C22H21NO/c1-4-10-18(11-5-1)22(19-12-6-2-7-13-19)23-16-21(17-23)24-20-14-8-3-9-15-20/h1-15,21-22H,16-17H2/p+1. The van der Waals surface area contributed by atoms with Gasteiger partial charge in [0.15, 0.2) is 6.10 Å². The second-order valence-electron chi connectivity index (χ2n) is 6.37. The van der Waals surface area contributed by atoms with Gasteiger partial charge in [0.05, 0.1) is 0 Å². The number of quaternary nitrogens is 1. The molecule has 1 aliphatic rings. The minimum atomic E-state index is 0.303. The molecule has 0 spiro atoms. The van der Waals surface area contributed by atoms with Crippen LogP contribution in [0.1, 0.15) is 17.2 Å². The Bertz CT molecular complexity index is 712. The van der Waals surface area contributed by atoms with Crippen molar-refractivity contribution in [3.63, 3.8) is 0 Å². The van der Waals surface area contributed by atoms with Crippen LogP contribution in [-0.4, -0.2) is 19.2 Å². The smallest absolute Gasteiger partial charge is 0.195 e. The first-order valence-electron chi connectivity index (χ1n) is 8.56. The van der Waals surface area contributed by atoms with Crippen molar-refractivity contribution in [2.24, 2.45) is 0 Å². The van der Waals surface area contributed by atoms with E-state index in [1.807, 2.05) is 30.3 Å². The van der Waals surface area contributed by atoms with E-state index in [0.717, 1.165) is 18.8 Å². The lowest BCUT2D eigenvalue weighted by molar-refractivity contribution is -0.971. The van der Waals surface area contributed by atoms with Crippen LogP contribution >= 0.6 is 0 Å². The van der Waals surface area contributed by atoms with Crippen LogP contribution in [0.3, 0.4) is 0 Å². The number of hydrogen-bond acceptors (Lipinski definition) is 1. The fraction of sp³-hybridized carbons (Fsp3) is 0.182. The van der Waals surface area contributed by atoms with Crippen molar-refractivity contribution in [1.82, 2.24) is 0 Å². The lowest BCUT2D eigenvalue weighted by Crippen LogP contribution is -3.22. The fourth-order valence-corrected chi connectivity index (χ4v) is 3.49. The number of rotatable bonds is 5. The number of ether oxygens (including phenoxy) is 1. The molecule has 0 radical (unpaired) electrons. The molecule has 1 saturated heterocycles. The van der Waals surface area contributed by atoms with E-state index in [2.05, 4.69) is 60.7 Å². The average Bonchev–Trinajstić information content (AvgIpc) is 2.62. The Morgan fingerprint density at radius 2 is 1.12 bits per heavy atom. The van der Waals surface area contributed by atoms with Gasteiger partial charge in [0.25, 0.3) is 0 Å². The Hall–Kier alpha value is -2.58. The molecule has 1 heterocycles. The first-order valence-corrected chi connectivity index (χ1v) is 8.56. The average molecular weight is 316 g/mol. The van der Waals surface area contributed by atoms with Crippen molar-refractivity contribution in [3.05, 3.63) is 102 Å². The van der Waals surface area contributed by atoms with Crippen LogP contribution in [0.15, 0.2) is 91.0 Å². The summed E-state index contributed by atoms with van der Waals surface area (Å²) in [5.74, 6) is 0.970. The number of likely N-dealkylation sites (tertiary alicyclic amines) is 1. The van der Waals surface area contributed by atoms with Crippen molar-refractivity contribution in [2.45, 2.75) is 12.1 Å². The first kappa shape index (κ1) is 15.0. The minimum absolute atomic E-state index is 0.303. The van der Waals surface area contributed by atoms with Crippen LogP contribution < -0.4 is 9.64 Å². The Labute approximate surface area is 143 Å². The second kappa shape index (κ2) is 6.90. The van der Waals surface area contributed by atoms with Crippen molar-refractivity contribution in [3.8, 4) is 5.75 Å². The van der Waals surface area contributed by atoms with Gasteiger partial charge < -0.3 is 9.64 Å². The first-order chi connectivity index (χ1) is 11.9. The summed E-state index contributed by atoms with van der Waals surface area (Å²) in [6.07, 6.45) is 0.303. The molecular formula is C22H22NO+. The van der Waals surface area contributed by atoms with Gasteiger partial charge >= 0.3 is 0 Å². The van der Waals surface area contributed by atoms with E-state index in [4.69, 9.17) is 4.74 Å². The van der Waals surface area contributed by atoms with Gasteiger partial charge in [-0.1, -0.05) is 78.9 Å². The van der Waals surface area contributed by atoms with Gasteiger partial charge in [-0.25, -0.2) is 0 Å². The van der Waals surface area contributed by atoms with Crippen LogP contribution in [0.5, 0.6) is 5.75 Å². The van der Waals surface area contributed by atoms with Crippen molar-refractivity contribution >= 4 is 0 Å². The fourth-order valence-electron chi connectivity index (χ4n) is 3.49. The van der Waals surface area contributed by atoms with E-state index in [1.54, 1.807) is 4.90 Å². The SMILES string of the molecule is c1ccc(OC2C[NH+](C(c3ccccc3)c3ccccc3)C2)cc1. The lowest BCUT2D eigenvalue weighted by Gasteiger charge is -2.40. The molecular weight excluding hydrogens is 294 g/mol. The molecule has 0 bridgehead atoms. The number of nitrogens with one attached hydrogen (secondary N) is 1. The number of para-hydroxylation sites is 1. The monoisotopic (exact) mass is 316 g/mol. The van der Waals surface area contributed by atoms with Crippen LogP contribution in [0.2, 0.25) is 0 Å². The van der Waals surface area contributed by atoms with E-state index in [0.29, 0.717) is 12.1 Å². The molecule has 120 valence electrons. The third-order valence-corrected chi connectivity index (χ3v) is 4.70. The van der Waals surface area contributed by atoms with Gasteiger partial charge in [-0.3, -0.25) is 0 Å². The summed E-state index contributed by atoms with van der Waals surface area (Å²) in [5, 5.41) is 0. The van der Waals surface area contributed by atoms with Crippen molar-refractivity contribution in [2.75, 3.05) is 13.1 Å². The van der Waals surface area contributed by atoms with Crippen LogP contribution in [0, 0.1) is 0 Å².